The molecule has 3 N–H and O–H groups in total. The lowest BCUT2D eigenvalue weighted by Gasteiger charge is -2.15. The number of rotatable bonds is 14. The Morgan fingerprint density at radius 2 is 1.48 bits per heavy atom. The molecule has 25 heavy (non-hydrogen) atoms. The topological polar surface area (TPSA) is 72.2 Å². The zero-order valence-electron chi connectivity index (χ0n) is 15.6. The van der Waals surface area contributed by atoms with Crippen LogP contribution in [0.25, 0.3) is 0 Å². The van der Waals surface area contributed by atoms with E-state index >= 15 is 0 Å². The predicted octanol–water partition coefficient (Wildman–Crippen LogP) is 4.12. The summed E-state index contributed by atoms with van der Waals surface area (Å²) in [4.78, 5) is 23.6. The minimum Gasteiger partial charge on any atom is -0.368 e. The van der Waals surface area contributed by atoms with E-state index in [1.54, 1.807) is 0 Å². The van der Waals surface area contributed by atoms with Gasteiger partial charge in [-0.15, -0.1) is 0 Å². The molecular formula is C21H34N2O2. The van der Waals surface area contributed by atoms with Gasteiger partial charge in [-0.05, 0) is 12.0 Å². The Bertz CT molecular complexity index is 488. The lowest BCUT2D eigenvalue weighted by atomic mass is 10.0. The van der Waals surface area contributed by atoms with Crippen LogP contribution in [-0.4, -0.2) is 17.9 Å². The third kappa shape index (κ3) is 10.6. The van der Waals surface area contributed by atoms with Crippen LogP contribution in [0.2, 0.25) is 0 Å². The zero-order valence-corrected chi connectivity index (χ0v) is 15.6. The summed E-state index contributed by atoms with van der Waals surface area (Å²) in [6, 6.07) is 8.99. The summed E-state index contributed by atoms with van der Waals surface area (Å²) < 4.78 is 0. The number of unbranched alkanes of at least 4 members (excludes halogenated alkanes) is 8. The molecule has 0 saturated carbocycles. The van der Waals surface area contributed by atoms with E-state index in [0.29, 0.717) is 12.8 Å². The second kappa shape index (κ2) is 13.5. The molecular weight excluding hydrogens is 312 g/mol. The standard InChI is InChI=1S/C21H34N2O2/c1-2-3-4-5-6-7-8-9-13-16-20(24)23-19(21(22)25)17-18-14-11-10-12-15-18/h10-12,14-15,19H,2-9,13,16-17H2,1H3,(H2,22,25)(H,23,24)/t19-/m0/s1. The maximum atomic E-state index is 12.0. The van der Waals surface area contributed by atoms with Crippen molar-refractivity contribution in [3.63, 3.8) is 0 Å². The fraction of sp³-hybridized carbons (Fsp3) is 0.619. The van der Waals surface area contributed by atoms with Crippen LogP contribution < -0.4 is 11.1 Å². The van der Waals surface area contributed by atoms with Gasteiger partial charge in [0.2, 0.25) is 11.8 Å². The third-order valence-electron chi connectivity index (χ3n) is 4.47. The van der Waals surface area contributed by atoms with Crippen LogP contribution in [0.4, 0.5) is 0 Å². The second-order valence-corrected chi connectivity index (χ2v) is 6.79. The Balaban J connectivity index is 2.15. The number of nitrogens with two attached hydrogens (primary N) is 1. The number of hydrogen-bond donors (Lipinski definition) is 2. The highest BCUT2D eigenvalue weighted by Crippen LogP contribution is 2.10. The van der Waals surface area contributed by atoms with E-state index in [1.807, 2.05) is 30.3 Å². The zero-order chi connectivity index (χ0) is 18.3. The van der Waals surface area contributed by atoms with Crippen molar-refractivity contribution in [3.05, 3.63) is 35.9 Å². The molecule has 1 atom stereocenters. The Kier molecular flexibility index (Phi) is 11.4. The number of carbonyl (C=O) groups is 2. The van der Waals surface area contributed by atoms with Crippen LogP contribution in [0.15, 0.2) is 30.3 Å². The highest BCUT2D eigenvalue weighted by molar-refractivity contribution is 5.86. The average Bonchev–Trinajstić information content (AvgIpc) is 2.60. The van der Waals surface area contributed by atoms with Crippen molar-refractivity contribution < 1.29 is 9.59 Å². The van der Waals surface area contributed by atoms with E-state index in [1.165, 1.54) is 44.9 Å². The van der Waals surface area contributed by atoms with Gasteiger partial charge >= 0.3 is 0 Å². The van der Waals surface area contributed by atoms with Crippen molar-refractivity contribution in [2.24, 2.45) is 5.73 Å². The SMILES string of the molecule is CCCCCCCCCCCC(=O)N[C@@H](Cc1ccccc1)C(N)=O. The molecule has 4 nitrogen and oxygen atoms in total. The highest BCUT2D eigenvalue weighted by atomic mass is 16.2. The molecule has 1 aromatic carbocycles. The molecule has 0 aliphatic rings. The lowest BCUT2D eigenvalue weighted by molar-refractivity contribution is -0.127. The smallest absolute Gasteiger partial charge is 0.240 e. The summed E-state index contributed by atoms with van der Waals surface area (Å²) in [5.41, 5.74) is 6.42. The highest BCUT2D eigenvalue weighted by Gasteiger charge is 2.18. The van der Waals surface area contributed by atoms with E-state index in [9.17, 15) is 9.59 Å². The van der Waals surface area contributed by atoms with Crippen LogP contribution >= 0.6 is 0 Å². The molecule has 0 aliphatic heterocycles. The Hall–Kier alpha value is -1.84. The normalized spacial score (nSPS) is 11.9. The molecule has 0 heterocycles. The van der Waals surface area contributed by atoms with E-state index in [4.69, 9.17) is 5.73 Å². The number of nitrogens with one attached hydrogen (secondary N) is 1. The Labute approximate surface area is 152 Å². The van der Waals surface area contributed by atoms with Gasteiger partial charge in [-0.2, -0.15) is 0 Å². The summed E-state index contributed by atoms with van der Waals surface area (Å²) >= 11 is 0. The molecule has 0 saturated heterocycles. The molecule has 1 rings (SSSR count). The fourth-order valence-corrected chi connectivity index (χ4v) is 2.94. The van der Waals surface area contributed by atoms with E-state index in [0.717, 1.165) is 18.4 Å². The second-order valence-electron chi connectivity index (χ2n) is 6.79. The van der Waals surface area contributed by atoms with E-state index in [2.05, 4.69) is 12.2 Å². The average molecular weight is 347 g/mol. The van der Waals surface area contributed by atoms with Crippen molar-refractivity contribution >= 4 is 11.8 Å². The first-order valence-corrected chi connectivity index (χ1v) is 9.76. The first kappa shape index (κ1) is 21.2. The Morgan fingerprint density at radius 1 is 0.920 bits per heavy atom. The maximum absolute atomic E-state index is 12.0. The van der Waals surface area contributed by atoms with Gasteiger partial charge in [-0.25, -0.2) is 0 Å². The minimum atomic E-state index is -0.631. The number of carbonyl (C=O) groups excluding carboxylic acids is 2. The first-order chi connectivity index (χ1) is 12.1. The molecule has 2 amide bonds. The Morgan fingerprint density at radius 3 is 2.04 bits per heavy atom. The van der Waals surface area contributed by atoms with Crippen molar-refractivity contribution in [1.29, 1.82) is 0 Å². The van der Waals surface area contributed by atoms with Gasteiger partial charge in [-0.3, -0.25) is 9.59 Å². The summed E-state index contributed by atoms with van der Waals surface area (Å²) in [6.07, 6.45) is 11.9. The third-order valence-corrected chi connectivity index (χ3v) is 4.47. The largest absolute Gasteiger partial charge is 0.368 e. The number of amides is 2. The molecule has 140 valence electrons. The summed E-state index contributed by atoms with van der Waals surface area (Å²) in [5.74, 6) is -0.563. The van der Waals surface area contributed by atoms with E-state index < -0.39 is 11.9 Å². The summed E-state index contributed by atoms with van der Waals surface area (Å²) in [5, 5.41) is 2.78. The number of hydrogen-bond acceptors (Lipinski definition) is 2. The molecule has 0 bridgehead atoms. The molecule has 0 spiro atoms. The first-order valence-electron chi connectivity index (χ1n) is 9.76. The minimum absolute atomic E-state index is 0.0809. The van der Waals surface area contributed by atoms with Gasteiger partial charge < -0.3 is 11.1 Å². The lowest BCUT2D eigenvalue weighted by Crippen LogP contribution is -2.45. The van der Waals surface area contributed by atoms with Crippen LogP contribution in [-0.2, 0) is 16.0 Å². The quantitative estimate of drug-likeness (QED) is 0.497. The molecule has 0 aliphatic carbocycles. The molecule has 0 unspecified atom stereocenters. The maximum Gasteiger partial charge on any atom is 0.240 e. The van der Waals surface area contributed by atoms with Crippen molar-refractivity contribution in [2.75, 3.05) is 0 Å². The van der Waals surface area contributed by atoms with Crippen LogP contribution in [0.1, 0.15) is 76.7 Å². The molecule has 0 fully saturated rings. The molecule has 1 aromatic rings. The van der Waals surface area contributed by atoms with Gasteiger partial charge in [0, 0.05) is 12.8 Å². The van der Waals surface area contributed by atoms with Crippen LogP contribution in [0.5, 0.6) is 0 Å². The van der Waals surface area contributed by atoms with Crippen molar-refractivity contribution in [1.82, 2.24) is 5.32 Å². The monoisotopic (exact) mass is 346 g/mol. The fourth-order valence-electron chi connectivity index (χ4n) is 2.94. The van der Waals surface area contributed by atoms with Crippen LogP contribution in [0, 0.1) is 0 Å². The van der Waals surface area contributed by atoms with Gasteiger partial charge in [-0.1, -0.05) is 88.6 Å². The van der Waals surface area contributed by atoms with Crippen LogP contribution in [0.3, 0.4) is 0 Å². The van der Waals surface area contributed by atoms with Gasteiger partial charge in [0.25, 0.3) is 0 Å². The summed E-state index contributed by atoms with van der Waals surface area (Å²) in [7, 11) is 0. The van der Waals surface area contributed by atoms with Gasteiger partial charge in [0.15, 0.2) is 0 Å². The molecule has 0 aromatic heterocycles. The van der Waals surface area contributed by atoms with Gasteiger partial charge in [0.1, 0.15) is 6.04 Å². The van der Waals surface area contributed by atoms with Gasteiger partial charge in [0.05, 0.1) is 0 Å². The van der Waals surface area contributed by atoms with Crippen molar-refractivity contribution in [2.45, 2.75) is 83.6 Å². The predicted molar refractivity (Wildman–Crippen MR) is 103 cm³/mol. The number of benzene rings is 1. The van der Waals surface area contributed by atoms with Crippen molar-refractivity contribution in [3.8, 4) is 0 Å². The molecule has 4 heteroatoms. The number of primary amides is 1. The summed E-state index contributed by atoms with van der Waals surface area (Å²) in [6.45, 7) is 2.23. The van der Waals surface area contributed by atoms with E-state index in [-0.39, 0.29) is 5.91 Å². The molecule has 0 radical (unpaired) electrons.